The monoisotopic (exact) mass is 190 g/mol. The van der Waals surface area contributed by atoms with Crippen LogP contribution in [0, 0.1) is 6.92 Å². The van der Waals surface area contributed by atoms with Gasteiger partial charge in [0.1, 0.15) is 0 Å². The van der Waals surface area contributed by atoms with Crippen molar-refractivity contribution in [3.63, 3.8) is 0 Å². The lowest BCUT2D eigenvalue weighted by atomic mass is 10.2. The van der Waals surface area contributed by atoms with Gasteiger partial charge in [-0.1, -0.05) is 6.92 Å². The van der Waals surface area contributed by atoms with Crippen LogP contribution in [0.5, 0.6) is 0 Å². The number of nitrogens with one attached hydrogen (secondary N) is 2. The van der Waals surface area contributed by atoms with Crippen molar-refractivity contribution in [3.05, 3.63) is 23.5 Å². The largest absolute Gasteiger partial charge is 0.313 e. The van der Waals surface area contributed by atoms with Gasteiger partial charge in [0.05, 0.1) is 0 Å². The summed E-state index contributed by atoms with van der Waals surface area (Å²) in [6.07, 6.45) is 1.87. The number of hydrogen-bond acceptors (Lipinski definition) is 3. The van der Waals surface area contributed by atoms with E-state index in [0.29, 0.717) is 0 Å². The highest BCUT2D eigenvalue weighted by molar-refractivity contribution is 5.77. The number of nitrogens with zero attached hydrogens (tertiary/aromatic N) is 2. The second kappa shape index (κ2) is 3.75. The number of fused-ring (bicyclic) bond motifs is 1. The third-order valence-corrected chi connectivity index (χ3v) is 2.24. The molecule has 2 rings (SSSR count). The fourth-order valence-corrected chi connectivity index (χ4v) is 1.43. The molecular weight excluding hydrogens is 176 g/mol. The Labute approximate surface area is 82.7 Å². The number of aryl methyl sites for hydroxylation is 1. The van der Waals surface area contributed by atoms with Crippen molar-refractivity contribution in [3.8, 4) is 0 Å². The molecule has 0 aliphatic carbocycles. The lowest BCUT2D eigenvalue weighted by Gasteiger charge is -2.00. The second-order valence-electron chi connectivity index (χ2n) is 3.34. The zero-order valence-electron chi connectivity index (χ0n) is 8.46. The van der Waals surface area contributed by atoms with E-state index in [2.05, 4.69) is 33.5 Å². The maximum atomic E-state index is 4.27. The maximum absolute atomic E-state index is 4.27. The molecule has 0 bridgehead atoms. The van der Waals surface area contributed by atoms with Gasteiger partial charge in [-0.05, 0) is 25.1 Å². The van der Waals surface area contributed by atoms with Gasteiger partial charge in [0.2, 0.25) is 0 Å². The van der Waals surface area contributed by atoms with E-state index in [1.54, 1.807) is 0 Å². The Hall–Kier alpha value is -1.42. The fraction of sp³-hybridized carbons (Fsp3) is 0.400. The molecule has 0 fully saturated rings. The predicted molar refractivity (Wildman–Crippen MR) is 56.0 cm³/mol. The highest BCUT2D eigenvalue weighted by Crippen LogP contribution is 2.13. The average molecular weight is 190 g/mol. The molecule has 74 valence electrons. The lowest BCUT2D eigenvalue weighted by Crippen LogP contribution is -2.11. The molecule has 2 aromatic rings. The van der Waals surface area contributed by atoms with Crippen LogP contribution in [0.3, 0.4) is 0 Å². The van der Waals surface area contributed by atoms with E-state index >= 15 is 0 Å². The molecule has 14 heavy (non-hydrogen) atoms. The number of rotatable bonds is 3. The van der Waals surface area contributed by atoms with Gasteiger partial charge in [-0.15, -0.1) is 0 Å². The van der Waals surface area contributed by atoms with Crippen molar-refractivity contribution in [2.24, 2.45) is 0 Å². The van der Waals surface area contributed by atoms with Gasteiger partial charge in [-0.3, -0.25) is 5.10 Å². The number of aromatic amines is 1. The van der Waals surface area contributed by atoms with Crippen molar-refractivity contribution in [2.45, 2.75) is 20.4 Å². The van der Waals surface area contributed by atoms with Gasteiger partial charge in [0.15, 0.2) is 5.65 Å². The summed E-state index contributed by atoms with van der Waals surface area (Å²) < 4.78 is 0. The zero-order valence-corrected chi connectivity index (χ0v) is 8.46. The summed E-state index contributed by atoms with van der Waals surface area (Å²) in [5, 5.41) is 11.4. The van der Waals surface area contributed by atoms with Crippen LogP contribution < -0.4 is 5.32 Å². The Morgan fingerprint density at radius 1 is 1.50 bits per heavy atom. The first-order chi connectivity index (χ1) is 6.81. The molecule has 0 saturated heterocycles. The Kier molecular flexibility index (Phi) is 2.45. The molecule has 0 saturated carbocycles. The highest BCUT2D eigenvalue weighted by atomic mass is 15.1. The Morgan fingerprint density at radius 2 is 2.36 bits per heavy atom. The molecule has 0 aliphatic rings. The van der Waals surface area contributed by atoms with Crippen LogP contribution in [0.1, 0.15) is 18.2 Å². The van der Waals surface area contributed by atoms with Gasteiger partial charge >= 0.3 is 0 Å². The summed E-state index contributed by atoms with van der Waals surface area (Å²) in [5.41, 5.74) is 3.07. The minimum absolute atomic E-state index is 0.794. The third-order valence-electron chi connectivity index (χ3n) is 2.24. The van der Waals surface area contributed by atoms with Gasteiger partial charge < -0.3 is 5.32 Å². The number of pyridine rings is 1. The summed E-state index contributed by atoms with van der Waals surface area (Å²) in [7, 11) is 0. The number of aromatic nitrogens is 3. The highest BCUT2D eigenvalue weighted by Gasteiger charge is 2.02. The summed E-state index contributed by atoms with van der Waals surface area (Å²) >= 11 is 0. The molecule has 0 amide bonds. The number of H-pyrrole nitrogens is 1. The minimum Gasteiger partial charge on any atom is -0.313 e. The minimum atomic E-state index is 0.794. The molecule has 0 spiro atoms. The lowest BCUT2D eigenvalue weighted by molar-refractivity contribution is 0.725. The zero-order chi connectivity index (χ0) is 9.97. The van der Waals surface area contributed by atoms with Crippen LogP contribution in [0.2, 0.25) is 0 Å². The maximum Gasteiger partial charge on any atom is 0.181 e. The van der Waals surface area contributed by atoms with Crippen molar-refractivity contribution >= 4 is 11.0 Å². The molecule has 2 heterocycles. The van der Waals surface area contributed by atoms with Crippen molar-refractivity contribution < 1.29 is 0 Å². The molecule has 2 aromatic heterocycles. The molecule has 0 radical (unpaired) electrons. The Balaban J connectivity index is 2.34. The van der Waals surface area contributed by atoms with Crippen LogP contribution >= 0.6 is 0 Å². The first kappa shape index (κ1) is 9.15. The first-order valence-electron chi connectivity index (χ1n) is 4.81. The van der Waals surface area contributed by atoms with Gasteiger partial charge in [-0.2, -0.15) is 5.10 Å². The van der Waals surface area contributed by atoms with E-state index in [-0.39, 0.29) is 0 Å². The van der Waals surface area contributed by atoms with E-state index < -0.39 is 0 Å². The smallest absolute Gasteiger partial charge is 0.181 e. The van der Waals surface area contributed by atoms with Crippen molar-refractivity contribution in [2.75, 3.05) is 6.54 Å². The standard InChI is InChI=1S/C10H14N4/c1-3-11-5-8-4-9-7(2)13-14-10(9)12-6-8/h4,6,11H,3,5H2,1-2H3,(H,12,13,14). The Bertz CT molecular complexity index is 433. The first-order valence-corrected chi connectivity index (χ1v) is 4.81. The van der Waals surface area contributed by atoms with Crippen LogP contribution in [-0.4, -0.2) is 21.7 Å². The second-order valence-corrected chi connectivity index (χ2v) is 3.34. The fourth-order valence-electron chi connectivity index (χ4n) is 1.43. The molecule has 4 heteroatoms. The molecule has 2 N–H and O–H groups in total. The van der Waals surface area contributed by atoms with Crippen molar-refractivity contribution in [1.82, 2.24) is 20.5 Å². The normalized spacial score (nSPS) is 11.0. The van der Waals surface area contributed by atoms with Gasteiger partial charge in [0, 0.05) is 23.8 Å². The van der Waals surface area contributed by atoms with Crippen molar-refractivity contribution in [1.29, 1.82) is 0 Å². The summed E-state index contributed by atoms with van der Waals surface area (Å²) in [6, 6.07) is 2.13. The Morgan fingerprint density at radius 3 is 3.14 bits per heavy atom. The average Bonchev–Trinajstić information content (AvgIpc) is 2.57. The predicted octanol–water partition coefficient (Wildman–Crippen LogP) is 1.38. The molecule has 0 aliphatic heterocycles. The molecular formula is C10H14N4. The molecule has 4 nitrogen and oxygen atoms in total. The summed E-state index contributed by atoms with van der Waals surface area (Å²) in [4.78, 5) is 4.27. The third kappa shape index (κ3) is 1.61. The van der Waals surface area contributed by atoms with Gasteiger partial charge in [-0.25, -0.2) is 4.98 Å². The van der Waals surface area contributed by atoms with E-state index in [0.717, 1.165) is 29.8 Å². The van der Waals surface area contributed by atoms with E-state index in [4.69, 9.17) is 0 Å². The molecule has 0 unspecified atom stereocenters. The van der Waals surface area contributed by atoms with Crippen LogP contribution in [-0.2, 0) is 6.54 Å². The molecule has 0 aromatic carbocycles. The van der Waals surface area contributed by atoms with Gasteiger partial charge in [0.25, 0.3) is 0 Å². The van der Waals surface area contributed by atoms with Crippen LogP contribution in [0.15, 0.2) is 12.3 Å². The number of hydrogen-bond donors (Lipinski definition) is 2. The van der Waals surface area contributed by atoms with E-state index in [9.17, 15) is 0 Å². The van der Waals surface area contributed by atoms with E-state index in [1.165, 1.54) is 5.56 Å². The van der Waals surface area contributed by atoms with Crippen LogP contribution in [0.25, 0.3) is 11.0 Å². The summed E-state index contributed by atoms with van der Waals surface area (Å²) in [5.74, 6) is 0. The quantitative estimate of drug-likeness (QED) is 0.768. The van der Waals surface area contributed by atoms with Crippen LogP contribution in [0.4, 0.5) is 0 Å². The van der Waals surface area contributed by atoms with E-state index in [1.807, 2.05) is 13.1 Å². The summed E-state index contributed by atoms with van der Waals surface area (Å²) in [6.45, 7) is 5.94. The molecule has 0 atom stereocenters. The SMILES string of the molecule is CCNCc1cnc2n[nH]c(C)c2c1. The topological polar surface area (TPSA) is 53.6 Å².